The van der Waals surface area contributed by atoms with E-state index in [2.05, 4.69) is 18.0 Å². The number of hydrogen-bond acceptors (Lipinski definition) is 2. The summed E-state index contributed by atoms with van der Waals surface area (Å²) in [4.78, 5) is 4.06. The van der Waals surface area contributed by atoms with Crippen molar-refractivity contribution in [2.24, 2.45) is 5.73 Å². The van der Waals surface area contributed by atoms with Crippen LogP contribution in [0.3, 0.4) is 0 Å². The minimum Gasteiger partial charge on any atom is -0.330 e. The van der Waals surface area contributed by atoms with Crippen LogP contribution in [0, 0.1) is 0 Å². The van der Waals surface area contributed by atoms with Crippen molar-refractivity contribution in [3.8, 4) is 0 Å². The zero-order valence-corrected chi connectivity index (χ0v) is 6.88. The maximum Gasteiger partial charge on any atom is 0.0303 e. The zero-order valence-electron chi connectivity index (χ0n) is 6.88. The van der Waals surface area contributed by atoms with Crippen LogP contribution in [0.1, 0.15) is 18.1 Å². The fourth-order valence-electron chi connectivity index (χ4n) is 1.18. The molecule has 0 bridgehead atoms. The van der Waals surface area contributed by atoms with E-state index < -0.39 is 0 Å². The Morgan fingerprint density at radius 2 is 2.27 bits per heavy atom. The monoisotopic (exact) mass is 150 g/mol. The predicted molar refractivity (Wildman–Crippen MR) is 46.4 cm³/mol. The van der Waals surface area contributed by atoms with Crippen molar-refractivity contribution in [1.29, 1.82) is 0 Å². The minimum absolute atomic E-state index is 0.707. The molecule has 0 atom stereocenters. The molecule has 0 aromatic carbocycles. The third kappa shape index (κ3) is 2.02. The molecule has 0 unspecified atom stereocenters. The van der Waals surface area contributed by atoms with Crippen molar-refractivity contribution in [2.45, 2.75) is 19.8 Å². The van der Waals surface area contributed by atoms with Crippen molar-refractivity contribution in [1.82, 2.24) is 4.98 Å². The summed E-state index contributed by atoms with van der Waals surface area (Å²) in [6.45, 7) is 2.86. The average molecular weight is 150 g/mol. The third-order valence-corrected chi connectivity index (χ3v) is 1.80. The second-order valence-corrected chi connectivity index (χ2v) is 2.54. The van der Waals surface area contributed by atoms with Crippen LogP contribution in [0.2, 0.25) is 0 Å². The van der Waals surface area contributed by atoms with Gasteiger partial charge in [0, 0.05) is 12.4 Å². The largest absolute Gasteiger partial charge is 0.330 e. The molecule has 0 saturated heterocycles. The average Bonchev–Trinajstić information content (AvgIpc) is 2.06. The van der Waals surface area contributed by atoms with Crippen molar-refractivity contribution >= 4 is 0 Å². The number of aryl methyl sites for hydroxylation is 1. The first-order valence-corrected chi connectivity index (χ1v) is 4.00. The molecule has 0 amide bonds. The van der Waals surface area contributed by atoms with E-state index in [4.69, 9.17) is 5.73 Å². The van der Waals surface area contributed by atoms with Crippen LogP contribution >= 0.6 is 0 Å². The van der Waals surface area contributed by atoms with E-state index in [0.29, 0.717) is 6.54 Å². The summed E-state index contributed by atoms with van der Waals surface area (Å²) in [5.41, 5.74) is 8.11. The molecule has 60 valence electrons. The fourth-order valence-corrected chi connectivity index (χ4v) is 1.18. The van der Waals surface area contributed by atoms with E-state index in [0.717, 1.165) is 12.8 Å². The molecule has 0 fully saturated rings. The number of pyridine rings is 1. The van der Waals surface area contributed by atoms with Gasteiger partial charge in [-0.15, -0.1) is 0 Å². The number of aromatic nitrogens is 1. The molecule has 0 radical (unpaired) electrons. The van der Waals surface area contributed by atoms with Gasteiger partial charge in [-0.3, -0.25) is 4.98 Å². The van der Waals surface area contributed by atoms with E-state index in [1.807, 2.05) is 12.4 Å². The summed E-state index contributed by atoms with van der Waals surface area (Å²) in [7, 11) is 0. The fraction of sp³-hybridized carbons (Fsp3) is 0.444. The Balaban J connectivity index is 2.83. The van der Waals surface area contributed by atoms with E-state index in [1.54, 1.807) is 0 Å². The van der Waals surface area contributed by atoms with Gasteiger partial charge in [0.2, 0.25) is 0 Å². The summed E-state index contributed by atoms with van der Waals surface area (Å²) in [5.74, 6) is 0. The van der Waals surface area contributed by atoms with Crippen molar-refractivity contribution in [2.75, 3.05) is 6.54 Å². The van der Waals surface area contributed by atoms with Crippen molar-refractivity contribution in [3.63, 3.8) is 0 Å². The first kappa shape index (κ1) is 8.21. The van der Waals surface area contributed by atoms with Crippen LogP contribution in [0.25, 0.3) is 0 Å². The van der Waals surface area contributed by atoms with Crippen molar-refractivity contribution < 1.29 is 0 Å². The lowest BCUT2D eigenvalue weighted by Crippen LogP contribution is -2.05. The lowest BCUT2D eigenvalue weighted by molar-refractivity contribution is 0.927. The maximum atomic E-state index is 5.46. The van der Waals surface area contributed by atoms with Gasteiger partial charge in [-0.25, -0.2) is 0 Å². The zero-order chi connectivity index (χ0) is 8.10. The Hall–Kier alpha value is -0.890. The molecule has 2 heteroatoms. The Labute approximate surface area is 67.5 Å². The van der Waals surface area contributed by atoms with Gasteiger partial charge in [-0.2, -0.15) is 0 Å². The van der Waals surface area contributed by atoms with Gasteiger partial charge in [0.25, 0.3) is 0 Å². The van der Waals surface area contributed by atoms with Crippen LogP contribution < -0.4 is 5.73 Å². The SMILES string of the molecule is CCc1ccncc1CCN. The van der Waals surface area contributed by atoms with Crippen LogP contribution in [0.15, 0.2) is 18.5 Å². The summed E-state index contributed by atoms with van der Waals surface area (Å²) < 4.78 is 0. The highest BCUT2D eigenvalue weighted by molar-refractivity contribution is 5.23. The molecule has 2 N–H and O–H groups in total. The molecule has 0 aliphatic rings. The molecule has 1 rings (SSSR count). The predicted octanol–water partition coefficient (Wildman–Crippen LogP) is 1.15. The minimum atomic E-state index is 0.707. The Morgan fingerprint density at radius 3 is 2.91 bits per heavy atom. The lowest BCUT2D eigenvalue weighted by atomic mass is 10.1. The van der Waals surface area contributed by atoms with E-state index in [-0.39, 0.29) is 0 Å². The highest BCUT2D eigenvalue weighted by atomic mass is 14.6. The summed E-state index contributed by atoms with van der Waals surface area (Å²) in [5, 5.41) is 0. The van der Waals surface area contributed by atoms with Gasteiger partial charge < -0.3 is 5.73 Å². The molecular formula is C9H14N2. The third-order valence-electron chi connectivity index (χ3n) is 1.80. The molecule has 1 aromatic heterocycles. The Morgan fingerprint density at radius 1 is 1.45 bits per heavy atom. The molecule has 1 heterocycles. The quantitative estimate of drug-likeness (QED) is 0.702. The summed E-state index contributed by atoms with van der Waals surface area (Å²) in [6.07, 6.45) is 5.75. The van der Waals surface area contributed by atoms with E-state index in [9.17, 15) is 0 Å². The number of nitrogens with zero attached hydrogens (tertiary/aromatic N) is 1. The molecular weight excluding hydrogens is 136 g/mol. The maximum absolute atomic E-state index is 5.46. The highest BCUT2D eigenvalue weighted by Gasteiger charge is 1.97. The standard InChI is InChI=1S/C9H14N2/c1-2-8-4-6-11-7-9(8)3-5-10/h4,6-7H,2-3,5,10H2,1H3. The van der Waals surface area contributed by atoms with Crippen LogP contribution in [-0.2, 0) is 12.8 Å². The number of rotatable bonds is 3. The van der Waals surface area contributed by atoms with Crippen molar-refractivity contribution in [3.05, 3.63) is 29.6 Å². The molecule has 0 saturated carbocycles. The molecule has 11 heavy (non-hydrogen) atoms. The molecule has 2 nitrogen and oxygen atoms in total. The highest BCUT2D eigenvalue weighted by Crippen LogP contribution is 2.07. The first-order chi connectivity index (χ1) is 5.38. The smallest absolute Gasteiger partial charge is 0.0303 e. The van der Waals surface area contributed by atoms with Crippen LogP contribution in [0.4, 0.5) is 0 Å². The summed E-state index contributed by atoms with van der Waals surface area (Å²) >= 11 is 0. The van der Waals surface area contributed by atoms with Gasteiger partial charge in [0.05, 0.1) is 0 Å². The number of nitrogens with two attached hydrogens (primary N) is 1. The second kappa shape index (κ2) is 4.09. The van der Waals surface area contributed by atoms with Gasteiger partial charge in [-0.05, 0) is 36.6 Å². The lowest BCUT2D eigenvalue weighted by Gasteiger charge is -2.03. The van der Waals surface area contributed by atoms with Gasteiger partial charge in [0.15, 0.2) is 0 Å². The second-order valence-electron chi connectivity index (χ2n) is 2.54. The van der Waals surface area contributed by atoms with Gasteiger partial charge in [0.1, 0.15) is 0 Å². The van der Waals surface area contributed by atoms with Gasteiger partial charge in [-0.1, -0.05) is 6.92 Å². The first-order valence-electron chi connectivity index (χ1n) is 4.00. The summed E-state index contributed by atoms with van der Waals surface area (Å²) in [6, 6.07) is 2.06. The van der Waals surface area contributed by atoms with E-state index in [1.165, 1.54) is 11.1 Å². The van der Waals surface area contributed by atoms with E-state index >= 15 is 0 Å². The normalized spacial score (nSPS) is 10.0. The van der Waals surface area contributed by atoms with Gasteiger partial charge >= 0.3 is 0 Å². The molecule has 1 aromatic rings. The topological polar surface area (TPSA) is 38.9 Å². The molecule has 0 spiro atoms. The van der Waals surface area contributed by atoms with Crippen LogP contribution in [0.5, 0.6) is 0 Å². The Kier molecular flexibility index (Phi) is 3.05. The number of hydrogen-bond donors (Lipinski definition) is 1. The molecule has 0 aliphatic heterocycles. The molecule has 0 aliphatic carbocycles. The van der Waals surface area contributed by atoms with Crippen LogP contribution in [-0.4, -0.2) is 11.5 Å². The Bertz CT molecular complexity index is 221.